The van der Waals surface area contributed by atoms with Gasteiger partial charge in [-0.15, -0.1) is 0 Å². The number of halogens is 3. The lowest BCUT2D eigenvalue weighted by atomic mass is 9.98. The van der Waals surface area contributed by atoms with E-state index < -0.39 is 11.9 Å². The van der Waals surface area contributed by atoms with Crippen molar-refractivity contribution in [2.45, 2.75) is 19.0 Å². The highest BCUT2D eigenvalue weighted by Gasteiger charge is 2.35. The Hall–Kier alpha value is -1.24. The fraction of sp³-hybridized carbons (Fsp3) is 0.727. The molecule has 0 bridgehead atoms. The summed E-state index contributed by atoms with van der Waals surface area (Å²) in [6, 6.07) is 0. The Bertz CT molecular complexity index is 408. The van der Waals surface area contributed by atoms with E-state index in [9.17, 15) is 13.2 Å². The van der Waals surface area contributed by atoms with Gasteiger partial charge in [-0.05, 0) is 18.8 Å². The molecule has 0 unspecified atom stereocenters. The lowest BCUT2D eigenvalue weighted by Gasteiger charge is -2.31. The number of aliphatic hydroxyl groups is 1. The number of aliphatic hydroxyl groups excluding tert-OH is 1. The van der Waals surface area contributed by atoms with Gasteiger partial charge in [0.2, 0.25) is 5.95 Å². The quantitative estimate of drug-likeness (QED) is 0.882. The maximum atomic E-state index is 12.5. The minimum atomic E-state index is -4.40. The molecule has 1 aliphatic rings. The molecule has 0 spiro atoms. The fourth-order valence-electron chi connectivity index (χ4n) is 2.20. The molecule has 2 rings (SSSR count). The van der Waals surface area contributed by atoms with Crippen LogP contribution in [0.25, 0.3) is 0 Å². The summed E-state index contributed by atoms with van der Waals surface area (Å²) in [7, 11) is 1.57. The molecular formula is C11H16F3N3O. The van der Waals surface area contributed by atoms with Crippen LogP contribution in [-0.4, -0.2) is 34.4 Å². The van der Waals surface area contributed by atoms with Gasteiger partial charge in [0.05, 0.1) is 0 Å². The van der Waals surface area contributed by atoms with E-state index in [0.29, 0.717) is 19.0 Å². The van der Waals surface area contributed by atoms with Crippen molar-refractivity contribution >= 4 is 5.95 Å². The van der Waals surface area contributed by atoms with E-state index in [-0.39, 0.29) is 12.5 Å². The molecule has 2 heterocycles. The largest absolute Gasteiger partial charge is 0.434 e. The highest BCUT2D eigenvalue weighted by molar-refractivity contribution is 5.34. The van der Waals surface area contributed by atoms with Crippen LogP contribution < -0.4 is 4.90 Å². The standard InChI is InChI=1S/C11H16F3N3O/c1-16-6-9(11(12,13)14)15-10(16)17-4-2-8(7-18)3-5-17/h6,8,18H,2-5,7H2,1H3. The summed E-state index contributed by atoms with van der Waals surface area (Å²) in [5.41, 5.74) is -0.857. The third kappa shape index (κ3) is 2.60. The summed E-state index contributed by atoms with van der Waals surface area (Å²) in [5, 5.41) is 9.03. The molecule has 1 aromatic rings. The van der Waals surface area contributed by atoms with Gasteiger partial charge in [0, 0.05) is 32.9 Å². The number of aryl methyl sites for hydroxylation is 1. The average molecular weight is 263 g/mol. The van der Waals surface area contributed by atoms with Crippen LogP contribution in [0.1, 0.15) is 18.5 Å². The van der Waals surface area contributed by atoms with Gasteiger partial charge in [0.15, 0.2) is 5.69 Å². The molecule has 0 radical (unpaired) electrons. The lowest BCUT2D eigenvalue weighted by molar-refractivity contribution is -0.140. The Labute approximate surface area is 103 Å². The van der Waals surface area contributed by atoms with Crippen molar-refractivity contribution in [3.63, 3.8) is 0 Å². The van der Waals surface area contributed by atoms with Crippen molar-refractivity contribution in [2.24, 2.45) is 13.0 Å². The van der Waals surface area contributed by atoms with Crippen molar-refractivity contribution in [1.29, 1.82) is 0 Å². The Morgan fingerprint density at radius 2 is 2.00 bits per heavy atom. The van der Waals surface area contributed by atoms with Crippen molar-refractivity contribution in [1.82, 2.24) is 9.55 Å². The second-order valence-electron chi connectivity index (χ2n) is 4.65. The number of hydrogen-bond acceptors (Lipinski definition) is 3. The molecule has 0 amide bonds. The third-order valence-corrected chi connectivity index (χ3v) is 3.30. The minimum Gasteiger partial charge on any atom is -0.396 e. The Morgan fingerprint density at radius 3 is 2.44 bits per heavy atom. The molecule has 1 aromatic heterocycles. The smallest absolute Gasteiger partial charge is 0.396 e. The molecule has 0 aliphatic carbocycles. The van der Waals surface area contributed by atoms with Crippen LogP contribution >= 0.6 is 0 Å². The van der Waals surface area contributed by atoms with Gasteiger partial charge in [-0.1, -0.05) is 0 Å². The average Bonchev–Trinajstić information content (AvgIpc) is 2.71. The molecule has 18 heavy (non-hydrogen) atoms. The lowest BCUT2D eigenvalue weighted by Crippen LogP contribution is -2.36. The predicted octanol–water partition coefficient (Wildman–Crippen LogP) is 1.65. The normalized spacial score (nSPS) is 18.4. The first-order valence-electron chi connectivity index (χ1n) is 5.88. The van der Waals surface area contributed by atoms with E-state index in [2.05, 4.69) is 4.98 Å². The first-order valence-corrected chi connectivity index (χ1v) is 5.88. The minimum absolute atomic E-state index is 0.141. The molecule has 0 aromatic carbocycles. The topological polar surface area (TPSA) is 41.3 Å². The van der Waals surface area contributed by atoms with Crippen molar-refractivity contribution in [3.05, 3.63) is 11.9 Å². The summed E-state index contributed by atoms with van der Waals surface area (Å²) in [6.45, 7) is 1.41. The summed E-state index contributed by atoms with van der Waals surface area (Å²) >= 11 is 0. The highest BCUT2D eigenvalue weighted by Crippen LogP contribution is 2.31. The summed E-state index contributed by atoms with van der Waals surface area (Å²) in [5.74, 6) is 0.599. The van der Waals surface area contributed by atoms with Gasteiger partial charge in [0.25, 0.3) is 0 Å². The van der Waals surface area contributed by atoms with Crippen molar-refractivity contribution in [2.75, 3.05) is 24.6 Å². The number of alkyl halides is 3. The van der Waals surface area contributed by atoms with E-state index in [0.717, 1.165) is 19.0 Å². The number of rotatable bonds is 2. The zero-order chi connectivity index (χ0) is 13.3. The zero-order valence-corrected chi connectivity index (χ0v) is 10.1. The first kappa shape index (κ1) is 13.2. The monoisotopic (exact) mass is 263 g/mol. The fourth-order valence-corrected chi connectivity index (χ4v) is 2.20. The van der Waals surface area contributed by atoms with Crippen LogP contribution in [0.5, 0.6) is 0 Å². The van der Waals surface area contributed by atoms with E-state index >= 15 is 0 Å². The van der Waals surface area contributed by atoms with Gasteiger partial charge in [0.1, 0.15) is 0 Å². The molecule has 4 nitrogen and oxygen atoms in total. The van der Waals surface area contributed by atoms with Crippen LogP contribution in [0.4, 0.5) is 19.1 Å². The zero-order valence-electron chi connectivity index (χ0n) is 10.1. The number of piperidine rings is 1. The maximum absolute atomic E-state index is 12.5. The molecular weight excluding hydrogens is 247 g/mol. The number of hydrogen-bond donors (Lipinski definition) is 1. The SMILES string of the molecule is Cn1cc(C(F)(F)F)nc1N1CCC(CO)CC1. The van der Waals surface area contributed by atoms with Gasteiger partial charge in [-0.2, -0.15) is 13.2 Å². The summed E-state index contributed by atoms with van der Waals surface area (Å²) in [4.78, 5) is 5.49. The molecule has 102 valence electrons. The van der Waals surface area contributed by atoms with E-state index in [4.69, 9.17) is 5.11 Å². The van der Waals surface area contributed by atoms with Crippen LogP contribution in [0.2, 0.25) is 0 Å². The third-order valence-electron chi connectivity index (χ3n) is 3.30. The van der Waals surface area contributed by atoms with Gasteiger partial charge < -0.3 is 14.6 Å². The number of anilines is 1. The Kier molecular flexibility index (Phi) is 3.52. The van der Waals surface area contributed by atoms with Crippen LogP contribution in [-0.2, 0) is 13.2 Å². The molecule has 1 saturated heterocycles. The van der Waals surface area contributed by atoms with Gasteiger partial charge in [-0.3, -0.25) is 0 Å². The van der Waals surface area contributed by atoms with E-state index in [1.54, 1.807) is 7.05 Å². The molecule has 0 atom stereocenters. The molecule has 7 heteroatoms. The van der Waals surface area contributed by atoms with Crippen LogP contribution in [0.3, 0.4) is 0 Å². The number of aromatic nitrogens is 2. The number of imidazole rings is 1. The second-order valence-corrected chi connectivity index (χ2v) is 4.65. The molecule has 1 aliphatic heterocycles. The van der Waals surface area contributed by atoms with Crippen LogP contribution in [0, 0.1) is 5.92 Å². The van der Waals surface area contributed by atoms with Gasteiger partial charge in [-0.25, -0.2) is 4.98 Å². The predicted molar refractivity (Wildman–Crippen MR) is 60.2 cm³/mol. The first-order chi connectivity index (χ1) is 8.41. The maximum Gasteiger partial charge on any atom is 0.434 e. The van der Waals surface area contributed by atoms with Crippen molar-refractivity contribution < 1.29 is 18.3 Å². The Balaban J connectivity index is 2.12. The molecule has 0 saturated carbocycles. The van der Waals surface area contributed by atoms with Gasteiger partial charge >= 0.3 is 6.18 Å². The molecule has 1 fully saturated rings. The highest BCUT2D eigenvalue weighted by atomic mass is 19.4. The Morgan fingerprint density at radius 1 is 1.39 bits per heavy atom. The summed E-state index contributed by atoms with van der Waals surface area (Å²) < 4.78 is 39.0. The van der Waals surface area contributed by atoms with E-state index in [1.807, 2.05) is 4.90 Å². The van der Waals surface area contributed by atoms with E-state index in [1.165, 1.54) is 4.57 Å². The molecule has 1 N–H and O–H groups in total. The van der Waals surface area contributed by atoms with Crippen molar-refractivity contribution in [3.8, 4) is 0 Å². The summed E-state index contributed by atoms with van der Waals surface area (Å²) in [6.07, 6.45) is -1.83. The second kappa shape index (κ2) is 4.79. The number of nitrogens with zero attached hydrogens (tertiary/aromatic N) is 3. The van der Waals surface area contributed by atoms with Crippen LogP contribution in [0.15, 0.2) is 6.20 Å².